The molecule has 0 heterocycles. The van der Waals surface area contributed by atoms with Gasteiger partial charge in [0.25, 0.3) is 0 Å². The van der Waals surface area contributed by atoms with Crippen molar-refractivity contribution < 1.29 is 5.11 Å². The lowest BCUT2D eigenvalue weighted by atomic mass is 10.1. The molecule has 2 rings (SSSR count). The van der Waals surface area contributed by atoms with Crippen LogP contribution in [0.4, 0.5) is 5.69 Å². The van der Waals surface area contributed by atoms with E-state index in [1.54, 1.807) is 30.3 Å². The molecule has 0 aliphatic heterocycles. The molecule has 2 aromatic rings. The topological polar surface area (TPSA) is 56.0 Å². The number of benzene rings is 2. The highest BCUT2D eigenvalue weighted by molar-refractivity contribution is 6.33. The van der Waals surface area contributed by atoms with Crippen LogP contribution in [0, 0.1) is 11.3 Å². The maximum Gasteiger partial charge on any atom is 0.120 e. The second kappa shape index (κ2) is 5.64. The zero-order chi connectivity index (χ0) is 13.8. The number of para-hydroxylation sites is 1. The van der Waals surface area contributed by atoms with Gasteiger partial charge in [0.05, 0.1) is 28.4 Å². The Morgan fingerprint density at radius 3 is 2.68 bits per heavy atom. The number of phenols is 1. The number of aromatic hydroxyl groups is 1. The maximum atomic E-state index is 9.80. The summed E-state index contributed by atoms with van der Waals surface area (Å²) in [5.74, 6) is 0.232. The SMILES string of the molecule is CC(Nc1cc(C#N)ccc1Cl)c1ccccc1O. The predicted octanol–water partition coefficient (Wildman–Crippen LogP) is 4.09. The molecular weight excluding hydrogens is 260 g/mol. The average Bonchev–Trinajstić information content (AvgIpc) is 2.41. The van der Waals surface area contributed by atoms with Gasteiger partial charge in [-0.05, 0) is 31.2 Å². The first-order valence-electron chi connectivity index (χ1n) is 5.86. The highest BCUT2D eigenvalue weighted by Gasteiger charge is 2.11. The Morgan fingerprint density at radius 1 is 1.26 bits per heavy atom. The van der Waals surface area contributed by atoms with Crippen LogP contribution in [0.25, 0.3) is 0 Å². The molecule has 0 aliphatic rings. The Hall–Kier alpha value is -2.18. The van der Waals surface area contributed by atoms with Gasteiger partial charge in [-0.15, -0.1) is 0 Å². The van der Waals surface area contributed by atoms with Crippen LogP contribution in [0.15, 0.2) is 42.5 Å². The van der Waals surface area contributed by atoms with Gasteiger partial charge in [-0.1, -0.05) is 29.8 Å². The fourth-order valence-corrected chi connectivity index (χ4v) is 2.04. The van der Waals surface area contributed by atoms with Crippen molar-refractivity contribution in [2.45, 2.75) is 13.0 Å². The van der Waals surface area contributed by atoms with Gasteiger partial charge in [-0.2, -0.15) is 5.26 Å². The van der Waals surface area contributed by atoms with Crippen molar-refractivity contribution in [3.05, 3.63) is 58.6 Å². The molecule has 3 nitrogen and oxygen atoms in total. The van der Waals surface area contributed by atoms with Gasteiger partial charge in [-0.25, -0.2) is 0 Å². The first-order valence-corrected chi connectivity index (χ1v) is 6.23. The third kappa shape index (κ3) is 2.98. The van der Waals surface area contributed by atoms with Crippen LogP contribution in [-0.2, 0) is 0 Å². The summed E-state index contributed by atoms with van der Waals surface area (Å²) >= 11 is 6.09. The number of hydrogen-bond donors (Lipinski definition) is 2. The summed E-state index contributed by atoms with van der Waals surface area (Å²) in [6.07, 6.45) is 0. The van der Waals surface area contributed by atoms with Gasteiger partial charge < -0.3 is 10.4 Å². The highest BCUT2D eigenvalue weighted by Crippen LogP contribution is 2.30. The van der Waals surface area contributed by atoms with Crippen LogP contribution in [0.3, 0.4) is 0 Å². The van der Waals surface area contributed by atoms with Crippen molar-refractivity contribution in [1.29, 1.82) is 5.26 Å². The molecule has 2 aromatic carbocycles. The maximum absolute atomic E-state index is 9.80. The number of nitrogens with zero attached hydrogens (tertiary/aromatic N) is 1. The quantitative estimate of drug-likeness (QED) is 0.885. The van der Waals surface area contributed by atoms with E-state index in [1.165, 1.54) is 0 Å². The van der Waals surface area contributed by atoms with E-state index in [4.69, 9.17) is 16.9 Å². The number of halogens is 1. The minimum atomic E-state index is -0.118. The third-order valence-corrected chi connectivity index (χ3v) is 3.20. The monoisotopic (exact) mass is 272 g/mol. The van der Waals surface area contributed by atoms with E-state index >= 15 is 0 Å². The molecular formula is C15H13ClN2O. The first kappa shape index (κ1) is 13.3. The van der Waals surface area contributed by atoms with Crippen LogP contribution in [0.1, 0.15) is 24.1 Å². The minimum Gasteiger partial charge on any atom is -0.508 e. The van der Waals surface area contributed by atoms with E-state index in [0.717, 1.165) is 5.56 Å². The summed E-state index contributed by atoms with van der Waals surface area (Å²) in [5, 5.41) is 22.4. The van der Waals surface area contributed by atoms with Crippen LogP contribution >= 0.6 is 11.6 Å². The molecule has 0 spiro atoms. The Kier molecular flexibility index (Phi) is 3.94. The molecule has 0 radical (unpaired) electrons. The lowest BCUT2D eigenvalue weighted by molar-refractivity contribution is 0.465. The summed E-state index contributed by atoms with van der Waals surface area (Å²) in [7, 11) is 0. The lowest BCUT2D eigenvalue weighted by Crippen LogP contribution is -2.07. The van der Waals surface area contributed by atoms with E-state index in [-0.39, 0.29) is 11.8 Å². The van der Waals surface area contributed by atoms with E-state index in [0.29, 0.717) is 16.3 Å². The number of hydrogen-bond acceptors (Lipinski definition) is 3. The predicted molar refractivity (Wildman–Crippen MR) is 76.3 cm³/mol. The smallest absolute Gasteiger partial charge is 0.120 e. The standard InChI is InChI=1S/C15H13ClN2O/c1-10(12-4-2-3-5-15(12)19)18-14-8-11(9-17)6-7-13(14)16/h2-8,10,18-19H,1H3. The van der Waals surface area contributed by atoms with Gasteiger partial charge in [0.1, 0.15) is 5.75 Å². The number of nitrogens with one attached hydrogen (secondary N) is 1. The molecule has 0 saturated carbocycles. The van der Waals surface area contributed by atoms with Gasteiger partial charge in [0.2, 0.25) is 0 Å². The van der Waals surface area contributed by atoms with Crippen molar-refractivity contribution in [1.82, 2.24) is 0 Å². The van der Waals surface area contributed by atoms with E-state index in [9.17, 15) is 5.11 Å². The molecule has 0 fully saturated rings. The normalized spacial score (nSPS) is 11.6. The Labute approximate surface area is 117 Å². The second-order valence-electron chi connectivity index (χ2n) is 4.23. The van der Waals surface area contributed by atoms with Crippen molar-refractivity contribution in [2.75, 3.05) is 5.32 Å². The summed E-state index contributed by atoms with van der Waals surface area (Å²) in [5.41, 5.74) is 1.99. The molecule has 0 aromatic heterocycles. The third-order valence-electron chi connectivity index (χ3n) is 2.87. The fraction of sp³-hybridized carbons (Fsp3) is 0.133. The van der Waals surface area contributed by atoms with Crippen molar-refractivity contribution in [3.63, 3.8) is 0 Å². The van der Waals surface area contributed by atoms with Gasteiger partial charge in [0.15, 0.2) is 0 Å². The van der Waals surface area contributed by atoms with Crippen LogP contribution < -0.4 is 5.32 Å². The van der Waals surface area contributed by atoms with Crippen molar-refractivity contribution in [2.24, 2.45) is 0 Å². The molecule has 0 saturated heterocycles. The Morgan fingerprint density at radius 2 is 2.00 bits per heavy atom. The van der Waals surface area contributed by atoms with Gasteiger partial charge >= 0.3 is 0 Å². The zero-order valence-corrected chi connectivity index (χ0v) is 11.1. The van der Waals surface area contributed by atoms with Crippen molar-refractivity contribution in [3.8, 4) is 11.8 Å². The molecule has 4 heteroatoms. The number of nitriles is 1. The molecule has 19 heavy (non-hydrogen) atoms. The molecule has 0 bridgehead atoms. The highest BCUT2D eigenvalue weighted by atomic mass is 35.5. The first-order chi connectivity index (χ1) is 9.11. The van der Waals surface area contributed by atoms with E-state index in [1.807, 2.05) is 19.1 Å². The minimum absolute atomic E-state index is 0.118. The fourth-order valence-electron chi connectivity index (χ4n) is 1.87. The molecule has 96 valence electrons. The summed E-state index contributed by atoms with van der Waals surface area (Å²) in [6.45, 7) is 1.92. The Balaban J connectivity index is 2.27. The lowest BCUT2D eigenvalue weighted by Gasteiger charge is -2.17. The average molecular weight is 273 g/mol. The van der Waals surface area contributed by atoms with Crippen LogP contribution in [0.2, 0.25) is 5.02 Å². The van der Waals surface area contributed by atoms with E-state index < -0.39 is 0 Å². The largest absolute Gasteiger partial charge is 0.508 e. The van der Waals surface area contributed by atoms with E-state index in [2.05, 4.69) is 11.4 Å². The molecule has 0 amide bonds. The molecule has 2 N–H and O–H groups in total. The second-order valence-corrected chi connectivity index (χ2v) is 4.64. The summed E-state index contributed by atoms with van der Waals surface area (Å²) in [6, 6.07) is 14.1. The van der Waals surface area contributed by atoms with Crippen molar-refractivity contribution >= 4 is 17.3 Å². The number of rotatable bonds is 3. The number of phenolic OH excluding ortho intramolecular Hbond substituents is 1. The zero-order valence-electron chi connectivity index (χ0n) is 10.4. The molecule has 0 aliphatic carbocycles. The Bertz CT molecular complexity index is 634. The molecule has 1 unspecified atom stereocenters. The summed E-state index contributed by atoms with van der Waals surface area (Å²) in [4.78, 5) is 0. The van der Waals surface area contributed by atoms with Crippen LogP contribution in [-0.4, -0.2) is 5.11 Å². The van der Waals surface area contributed by atoms with Gasteiger partial charge in [-0.3, -0.25) is 0 Å². The molecule has 1 atom stereocenters. The van der Waals surface area contributed by atoms with Crippen LogP contribution in [0.5, 0.6) is 5.75 Å². The summed E-state index contributed by atoms with van der Waals surface area (Å²) < 4.78 is 0. The number of anilines is 1. The van der Waals surface area contributed by atoms with Gasteiger partial charge in [0, 0.05) is 5.56 Å².